The van der Waals surface area contributed by atoms with Gasteiger partial charge in [-0.15, -0.1) is 0 Å². The minimum absolute atomic E-state index is 0.283. The van der Waals surface area contributed by atoms with Gasteiger partial charge in [-0.1, -0.05) is 71.7 Å². The lowest BCUT2D eigenvalue weighted by Crippen LogP contribution is -2.18. The molecule has 0 heterocycles. The number of carbonyl (C=O) groups excluding carboxylic acids is 1. The second-order valence-corrected chi connectivity index (χ2v) is 6.90. The van der Waals surface area contributed by atoms with Gasteiger partial charge in [-0.05, 0) is 45.8 Å². The normalized spacial score (nSPS) is 11.3. The van der Waals surface area contributed by atoms with Gasteiger partial charge in [-0.3, -0.25) is 4.79 Å². The zero-order chi connectivity index (χ0) is 18.8. The predicted molar refractivity (Wildman–Crippen MR) is 113 cm³/mol. The predicted octanol–water partition coefficient (Wildman–Crippen LogP) is 6.06. The third-order valence-electron chi connectivity index (χ3n) is 4.35. The number of halogens is 2. The molecule has 0 saturated carbocycles. The first-order valence-electron chi connectivity index (χ1n) is 8.32. The first-order chi connectivity index (χ1) is 13.1. The van der Waals surface area contributed by atoms with Gasteiger partial charge in [0, 0.05) is 10.6 Å². The van der Waals surface area contributed by atoms with Gasteiger partial charge in [0.05, 0.1) is 16.8 Å². The van der Waals surface area contributed by atoms with E-state index in [1.165, 1.54) is 6.07 Å². The Kier molecular flexibility index (Phi) is 4.80. The highest BCUT2D eigenvalue weighted by molar-refractivity contribution is 6.36. The zero-order valence-electron chi connectivity index (χ0n) is 14.1. The maximum absolute atomic E-state index is 12.3. The Bertz CT molecular complexity index is 1150. The van der Waals surface area contributed by atoms with Gasteiger partial charge in [0.1, 0.15) is 0 Å². The highest BCUT2D eigenvalue weighted by Gasteiger charge is 2.10. The molecule has 1 amide bonds. The third-order valence-corrected chi connectivity index (χ3v) is 4.90. The van der Waals surface area contributed by atoms with Gasteiger partial charge in [0.15, 0.2) is 0 Å². The van der Waals surface area contributed by atoms with E-state index in [-0.39, 0.29) is 5.02 Å². The van der Waals surface area contributed by atoms with Crippen LogP contribution in [0.3, 0.4) is 0 Å². The number of nitrogens with zero attached hydrogens (tertiary/aromatic N) is 1. The summed E-state index contributed by atoms with van der Waals surface area (Å²) in [6.07, 6.45) is 1.67. The highest BCUT2D eigenvalue weighted by Crippen LogP contribution is 2.27. The molecule has 3 nitrogen and oxygen atoms in total. The Labute approximate surface area is 166 Å². The van der Waals surface area contributed by atoms with Crippen molar-refractivity contribution in [3.8, 4) is 0 Å². The Morgan fingerprint density at radius 2 is 1.48 bits per heavy atom. The fourth-order valence-corrected chi connectivity index (χ4v) is 3.57. The molecule has 0 aromatic heterocycles. The molecule has 1 N–H and O–H groups in total. The summed E-state index contributed by atoms with van der Waals surface area (Å²) in [5.74, 6) is -0.391. The van der Waals surface area contributed by atoms with Crippen LogP contribution in [0.5, 0.6) is 0 Å². The number of nitrogens with one attached hydrogen (secondary N) is 1. The lowest BCUT2D eigenvalue weighted by molar-refractivity contribution is 0.0955. The molecule has 0 radical (unpaired) electrons. The average molecular weight is 393 g/mol. The molecule has 132 valence electrons. The van der Waals surface area contributed by atoms with E-state index in [1.807, 2.05) is 36.4 Å². The van der Waals surface area contributed by atoms with Crippen LogP contribution in [0.15, 0.2) is 77.9 Å². The molecule has 0 aliphatic rings. The van der Waals surface area contributed by atoms with Crippen molar-refractivity contribution in [2.45, 2.75) is 0 Å². The number of amides is 1. The molecule has 0 aliphatic heterocycles. The first kappa shape index (κ1) is 17.5. The Morgan fingerprint density at radius 1 is 0.852 bits per heavy atom. The van der Waals surface area contributed by atoms with Gasteiger partial charge in [-0.2, -0.15) is 5.10 Å². The molecule has 4 aromatic rings. The van der Waals surface area contributed by atoms with Crippen molar-refractivity contribution in [1.29, 1.82) is 0 Å². The summed E-state index contributed by atoms with van der Waals surface area (Å²) in [6, 6.07) is 23.0. The van der Waals surface area contributed by atoms with Crippen LogP contribution < -0.4 is 5.43 Å². The van der Waals surface area contributed by atoms with Gasteiger partial charge in [0.2, 0.25) is 0 Å². The molecule has 4 aromatic carbocycles. The lowest BCUT2D eigenvalue weighted by Gasteiger charge is -2.08. The van der Waals surface area contributed by atoms with Gasteiger partial charge >= 0.3 is 0 Å². The molecule has 0 saturated heterocycles. The Hall–Kier alpha value is -2.88. The summed E-state index contributed by atoms with van der Waals surface area (Å²) in [5, 5.41) is 9.29. The van der Waals surface area contributed by atoms with Crippen LogP contribution in [0.1, 0.15) is 15.9 Å². The minimum Gasteiger partial charge on any atom is -0.267 e. The van der Waals surface area contributed by atoms with Crippen LogP contribution >= 0.6 is 23.2 Å². The topological polar surface area (TPSA) is 41.5 Å². The molecule has 0 spiro atoms. The lowest BCUT2D eigenvalue weighted by atomic mass is 9.97. The van der Waals surface area contributed by atoms with Crippen molar-refractivity contribution in [3.63, 3.8) is 0 Å². The van der Waals surface area contributed by atoms with Crippen LogP contribution in [-0.4, -0.2) is 12.1 Å². The first-order valence-corrected chi connectivity index (χ1v) is 9.08. The van der Waals surface area contributed by atoms with Crippen molar-refractivity contribution in [2.75, 3.05) is 0 Å². The van der Waals surface area contributed by atoms with Gasteiger partial charge in [-0.25, -0.2) is 5.43 Å². The Balaban J connectivity index is 1.70. The van der Waals surface area contributed by atoms with E-state index >= 15 is 0 Å². The number of hydrazone groups is 1. The molecule has 0 aliphatic carbocycles. The minimum atomic E-state index is -0.391. The quantitative estimate of drug-likeness (QED) is 0.256. The van der Waals surface area contributed by atoms with Crippen LogP contribution in [-0.2, 0) is 0 Å². The summed E-state index contributed by atoms with van der Waals surface area (Å²) in [5.41, 5.74) is 3.81. The fraction of sp³-hybridized carbons (Fsp3) is 0. The zero-order valence-corrected chi connectivity index (χ0v) is 15.6. The Morgan fingerprint density at radius 3 is 2.11 bits per heavy atom. The molecule has 0 fully saturated rings. The van der Waals surface area contributed by atoms with Crippen LogP contribution in [0, 0.1) is 0 Å². The van der Waals surface area contributed by atoms with Crippen LogP contribution in [0.4, 0.5) is 0 Å². The van der Waals surface area contributed by atoms with E-state index in [1.54, 1.807) is 18.3 Å². The smallest absolute Gasteiger partial charge is 0.267 e. The number of hydrogen-bond donors (Lipinski definition) is 1. The molecule has 0 bridgehead atoms. The van der Waals surface area contributed by atoms with Crippen molar-refractivity contribution in [2.24, 2.45) is 5.10 Å². The molecule has 0 unspecified atom stereocenters. The number of benzene rings is 4. The second-order valence-electron chi connectivity index (χ2n) is 6.06. The molecular weight excluding hydrogens is 379 g/mol. The van der Waals surface area contributed by atoms with Crippen LogP contribution in [0.25, 0.3) is 21.5 Å². The fourth-order valence-electron chi connectivity index (χ4n) is 3.08. The molecule has 5 heteroatoms. The maximum Gasteiger partial charge on any atom is 0.272 e. The van der Waals surface area contributed by atoms with Crippen LogP contribution in [0.2, 0.25) is 10.0 Å². The summed E-state index contributed by atoms with van der Waals surface area (Å²) in [4.78, 5) is 12.3. The summed E-state index contributed by atoms with van der Waals surface area (Å²) in [6.45, 7) is 0. The summed E-state index contributed by atoms with van der Waals surface area (Å²) in [7, 11) is 0. The molecule has 4 rings (SSSR count). The number of fused-ring (bicyclic) bond motifs is 2. The van der Waals surface area contributed by atoms with E-state index < -0.39 is 5.91 Å². The van der Waals surface area contributed by atoms with Crippen molar-refractivity contribution < 1.29 is 4.79 Å². The monoisotopic (exact) mass is 392 g/mol. The van der Waals surface area contributed by atoms with Crippen molar-refractivity contribution in [3.05, 3.63) is 94.0 Å². The largest absolute Gasteiger partial charge is 0.272 e. The standard InChI is InChI=1S/C22H14Cl2N2O/c23-16-9-10-19(21(24)12-16)22(27)26-25-13-20-17-7-3-1-5-14(17)11-15-6-2-4-8-18(15)20/h1-13H,(H,26,27)/b25-13-. The molecule has 27 heavy (non-hydrogen) atoms. The molecular formula is C22H14Cl2N2O. The van der Waals surface area contributed by atoms with E-state index in [0.717, 1.165) is 27.1 Å². The van der Waals surface area contributed by atoms with Gasteiger partial charge < -0.3 is 0 Å². The second kappa shape index (κ2) is 7.39. The highest BCUT2D eigenvalue weighted by atomic mass is 35.5. The molecule has 0 atom stereocenters. The average Bonchev–Trinajstić information content (AvgIpc) is 2.67. The number of rotatable bonds is 3. The van der Waals surface area contributed by atoms with Crippen molar-refractivity contribution >= 4 is 56.9 Å². The maximum atomic E-state index is 12.3. The van der Waals surface area contributed by atoms with E-state index in [4.69, 9.17) is 23.2 Å². The number of carbonyl (C=O) groups is 1. The van der Waals surface area contributed by atoms with E-state index in [2.05, 4.69) is 28.7 Å². The van der Waals surface area contributed by atoms with E-state index in [0.29, 0.717) is 10.6 Å². The van der Waals surface area contributed by atoms with Gasteiger partial charge in [0.25, 0.3) is 5.91 Å². The van der Waals surface area contributed by atoms with Crippen molar-refractivity contribution in [1.82, 2.24) is 5.43 Å². The SMILES string of the molecule is O=C(N/N=C\c1c2ccccc2cc2ccccc12)c1ccc(Cl)cc1Cl. The number of hydrogen-bond acceptors (Lipinski definition) is 2. The van der Waals surface area contributed by atoms with E-state index in [9.17, 15) is 4.79 Å². The summed E-state index contributed by atoms with van der Waals surface area (Å²) < 4.78 is 0. The third kappa shape index (κ3) is 3.52. The summed E-state index contributed by atoms with van der Waals surface area (Å²) >= 11 is 12.0.